The van der Waals surface area contributed by atoms with Crippen LogP contribution in [0.1, 0.15) is 18.4 Å². The van der Waals surface area contributed by atoms with Crippen molar-refractivity contribution in [2.45, 2.75) is 24.1 Å². The highest BCUT2D eigenvalue weighted by molar-refractivity contribution is 6.30. The van der Waals surface area contributed by atoms with Gasteiger partial charge in [-0.25, -0.2) is 4.39 Å². The van der Waals surface area contributed by atoms with E-state index >= 15 is 0 Å². The molecule has 1 aromatic carbocycles. The number of hydrogen-bond acceptors (Lipinski definition) is 2. The van der Waals surface area contributed by atoms with E-state index in [2.05, 4.69) is 0 Å². The number of benzene rings is 1. The molecule has 19 heavy (non-hydrogen) atoms. The molecular weight excluding hydrogens is 292 g/mol. The molecule has 1 saturated heterocycles. The van der Waals surface area contributed by atoms with Crippen LogP contribution in [0.15, 0.2) is 24.3 Å². The Labute approximate surface area is 120 Å². The van der Waals surface area contributed by atoms with E-state index in [0.29, 0.717) is 17.9 Å². The summed E-state index contributed by atoms with van der Waals surface area (Å²) in [5.41, 5.74) is -2.26. The molecule has 1 aliphatic rings. The fraction of sp³-hybridized carbons (Fsp3) is 0.462. The average molecular weight is 306 g/mol. The summed E-state index contributed by atoms with van der Waals surface area (Å²) in [6, 6.07) is 6.95. The number of piperidine rings is 1. The van der Waals surface area contributed by atoms with Crippen LogP contribution in [0.2, 0.25) is 5.02 Å². The van der Waals surface area contributed by atoms with Gasteiger partial charge < -0.3 is 10.0 Å². The predicted molar refractivity (Wildman–Crippen MR) is 71.9 cm³/mol. The van der Waals surface area contributed by atoms with Gasteiger partial charge in [0.05, 0.1) is 5.60 Å². The minimum absolute atomic E-state index is 0.283. The van der Waals surface area contributed by atoms with Gasteiger partial charge in [0.15, 0.2) is 0 Å². The van der Waals surface area contributed by atoms with E-state index in [9.17, 15) is 14.3 Å². The van der Waals surface area contributed by atoms with Crippen LogP contribution in [0.3, 0.4) is 0 Å². The van der Waals surface area contributed by atoms with Crippen molar-refractivity contribution in [3.63, 3.8) is 0 Å². The smallest absolute Gasteiger partial charge is 0.272 e. The molecular formula is C13H14Cl2FNO2. The molecule has 1 N–H and O–H groups in total. The summed E-state index contributed by atoms with van der Waals surface area (Å²) in [5, 5.41) is 11.2. The molecule has 0 saturated carbocycles. The van der Waals surface area contributed by atoms with Gasteiger partial charge >= 0.3 is 0 Å². The Kier molecular flexibility index (Phi) is 4.33. The Hall–Kier alpha value is -0.840. The number of hydrogen-bond donors (Lipinski definition) is 1. The van der Waals surface area contributed by atoms with Crippen molar-refractivity contribution in [2.24, 2.45) is 0 Å². The first-order chi connectivity index (χ1) is 8.92. The molecule has 0 spiro atoms. The summed E-state index contributed by atoms with van der Waals surface area (Å²) in [6.07, 6.45) is 0.702. The lowest BCUT2D eigenvalue weighted by Crippen LogP contribution is -2.46. The van der Waals surface area contributed by atoms with E-state index < -0.39 is 17.1 Å². The molecule has 3 nitrogen and oxygen atoms in total. The maximum Gasteiger partial charge on any atom is 0.272 e. The first-order valence-corrected chi connectivity index (χ1v) is 6.79. The molecule has 1 amide bonds. The van der Waals surface area contributed by atoms with E-state index in [4.69, 9.17) is 23.2 Å². The maximum atomic E-state index is 12.7. The summed E-state index contributed by atoms with van der Waals surface area (Å²) >= 11 is 10.9. The van der Waals surface area contributed by atoms with Crippen molar-refractivity contribution >= 4 is 29.1 Å². The van der Waals surface area contributed by atoms with Crippen LogP contribution in [-0.4, -0.2) is 34.6 Å². The highest BCUT2D eigenvalue weighted by Crippen LogP contribution is 2.33. The first kappa shape index (κ1) is 14.6. The lowest BCUT2D eigenvalue weighted by molar-refractivity contribution is -0.138. The van der Waals surface area contributed by atoms with Crippen molar-refractivity contribution in [3.8, 4) is 0 Å². The largest absolute Gasteiger partial charge is 0.385 e. The number of rotatable bonds is 2. The lowest BCUT2D eigenvalue weighted by atomic mass is 9.84. The van der Waals surface area contributed by atoms with Crippen LogP contribution >= 0.6 is 23.2 Å². The van der Waals surface area contributed by atoms with Crippen molar-refractivity contribution < 1.29 is 14.3 Å². The molecule has 1 aliphatic heterocycles. The van der Waals surface area contributed by atoms with Gasteiger partial charge in [-0.2, -0.15) is 0 Å². The third-order valence-electron chi connectivity index (χ3n) is 3.47. The Bertz CT molecular complexity index is 456. The van der Waals surface area contributed by atoms with Gasteiger partial charge in [-0.1, -0.05) is 35.3 Å². The zero-order valence-corrected chi connectivity index (χ0v) is 11.7. The van der Waals surface area contributed by atoms with E-state index in [0.717, 1.165) is 5.56 Å². The minimum Gasteiger partial charge on any atom is -0.385 e. The molecule has 0 radical (unpaired) electrons. The molecule has 0 bridgehead atoms. The molecule has 6 heteroatoms. The van der Waals surface area contributed by atoms with Gasteiger partial charge in [-0.15, -0.1) is 0 Å². The van der Waals surface area contributed by atoms with Gasteiger partial charge in [0.2, 0.25) is 0 Å². The second kappa shape index (κ2) is 5.65. The standard InChI is InChI=1S/C13H14Cl2FNO2/c14-10-3-1-9(2-4-10)13(19)5-7-17(8-6-13)12(18)11(15)16/h1-4,11,19H,5-8H2. The molecule has 1 aromatic rings. The number of carbonyl (C=O) groups excluding carboxylic acids is 1. The monoisotopic (exact) mass is 305 g/mol. The zero-order chi connectivity index (χ0) is 14.0. The van der Waals surface area contributed by atoms with E-state index in [1.807, 2.05) is 0 Å². The van der Waals surface area contributed by atoms with Gasteiger partial charge in [0.25, 0.3) is 11.5 Å². The number of alkyl halides is 2. The molecule has 0 aromatic heterocycles. The number of nitrogens with zero attached hydrogens (tertiary/aromatic N) is 1. The van der Waals surface area contributed by atoms with Crippen LogP contribution in [0, 0.1) is 0 Å². The minimum atomic E-state index is -2.01. The summed E-state index contributed by atoms with van der Waals surface area (Å²) < 4.78 is 12.7. The fourth-order valence-corrected chi connectivity index (χ4v) is 2.55. The van der Waals surface area contributed by atoms with E-state index in [1.54, 1.807) is 24.3 Å². The summed E-state index contributed by atoms with van der Waals surface area (Å²) in [7, 11) is 0. The number of amides is 1. The van der Waals surface area contributed by atoms with Crippen LogP contribution in [0.4, 0.5) is 4.39 Å². The van der Waals surface area contributed by atoms with Crippen molar-refractivity contribution in [1.29, 1.82) is 0 Å². The van der Waals surface area contributed by atoms with Crippen LogP contribution in [0.25, 0.3) is 0 Å². The maximum absolute atomic E-state index is 12.7. The molecule has 2 rings (SSSR count). The second-order valence-electron chi connectivity index (χ2n) is 4.66. The zero-order valence-electron chi connectivity index (χ0n) is 10.2. The van der Waals surface area contributed by atoms with Gasteiger partial charge in [0, 0.05) is 18.1 Å². The van der Waals surface area contributed by atoms with Gasteiger partial charge in [0.1, 0.15) is 0 Å². The Balaban J connectivity index is 2.06. The molecule has 104 valence electrons. The van der Waals surface area contributed by atoms with E-state index in [1.165, 1.54) is 4.90 Å². The normalized spacial score (nSPS) is 20.1. The summed E-state index contributed by atoms with van der Waals surface area (Å²) in [4.78, 5) is 12.7. The Morgan fingerprint density at radius 1 is 1.32 bits per heavy atom. The third kappa shape index (κ3) is 3.19. The molecule has 0 aliphatic carbocycles. The lowest BCUT2D eigenvalue weighted by Gasteiger charge is -2.38. The highest BCUT2D eigenvalue weighted by Gasteiger charge is 2.36. The van der Waals surface area contributed by atoms with E-state index in [-0.39, 0.29) is 13.1 Å². The number of halogens is 3. The Morgan fingerprint density at radius 2 is 1.84 bits per heavy atom. The molecule has 1 fully saturated rings. The average Bonchev–Trinajstić information content (AvgIpc) is 2.39. The third-order valence-corrected chi connectivity index (χ3v) is 3.91. The number of aliphatic hydroxyl groups is 1. The SMILES string of the molecule is O=C(C(F)Cl)N1CCC(O)(c2ccc(Cl)cc2)CC1. The second-order valence-corrected chi connectivity index (χ2v) is 5.48. The summed E-state index contributed by atoms with van der Waals surface area (Å²) in [6.45, 7) is 0.566. The molecule has 1 heterocycles. The molecule has 1 atom stereocenters. The fourth-order valence-electron chi connectivity index (χ4n) is 2.28. The topological polar surface area (TPSA) is 40.5 Å². The molecule has 1 unspecified atom stereocenters. The van der Waals surface area contributed by atoms with Gasteiger partial charge in [-0.05, 0) is 30.5 Å². The quantitative estimate of drug-likeness (QED) is 0.854. The van der Waals surface area contributed by atoms with Gasteiger partial charge in [-0.3, -0.25) is 4.79 Å². The van der Waals surface area contributed by atoms with Crippen LogP contribution in [0.5, 0.6) is 0 Å². The summed E-state index contributed by atoms with van der Waals surface area (Å²) in [5.74, 6) is -0.736. The van der Waals surface area contributed by atoms with Crippen molar-refractivity contribution in [2.75, 3.05) is 13.1 Å². The van der Waals surface area contributed by atoms with Crippen LogP contribution < -0.4 is 0 Å². The number of likely N-dealkylation sites (tertiary alicyclic amines) is 1. The van der Waals surface area contributed by atoms with Crippen LogP contribution in [-0.2, 0) is 10.4 Å². The van der Waals surface area contributed by atoms with Crippen molar-refractivity contribution in [3.05, 3.63) is 34.9 Å². The predicted octanol–water partition coefficient (Wildman–Crippen LogP) is 2.68. The van der Waals surface area contributed by atoms with Crippen molar-refractivity contribution in [1.82, 2.24) is 4.90 Å². The highest BCUT2D eigenvalue weighted by atomic mass is 35.5. The number of carbonyl (C=O) groups is 1. The Morgan fingerprint density at radius 3 is 2.32 bits per heavy atom. The first-order valence-electron chi connectivity index (χ1n) is 5.98.